The molecule has 0 radical (unpaired) electrons. The van der Waals surface area contributed by atoms with Crippen LogP contribution in [0.15, 0.2) is 41.2 Å². The summed E-state index contributed by atoms with van der Waals surface area (Å²) in [5.41, 5.74) is 8.75. The van der Waals surface area contributed by atoms with Crippen LogP contribution in [-0.4, -0.2) is 15.1 Å². The average molecular weight is 287 g/mol. The number of aromatic nitrogens is 3. The highest BCUT2D eigenvalue weighted by molar-refractivity contribution is 6.33. The van der Waals surface area contributed by atoms with Gasteiger partial charge in [0.1, 0.15) is 0 Å². The molecule has 0 bridgehead atoms. The highest BCUT2D eigenvalue weighted by Gasteiger charge is 2.14. The van der Waals surface area contributed by atoms with Gasteiger partial charge in [0.15, 0.2) is 0 Å². The van der Waals surface area contributed by atoms with Gasteiger partial charge in [0.25, 0.3) is 5.89 Å². The van der Waals surface area contributed by atoms with Crippen LogP contribution in [0, 0.1) is 6.92 Å². The Labute approximate surface area is 120 Å². The van der Waals surface area contributed by atoms with Crippen molar-refractivity contribution in [1.82, 2.24) is 15.1 Å². The maximum Gasteiger partial charge on any atom is 0.259 e. The molecule has 2 N–H and O–H groups in total. The van der Waals surface area contributed by atoms with Crippen molar-refractivity contribution in [2.24, 2.45) is 0 Å². The first-order valence-electron chi connectivity index (χ1n) is 5.95. The number of hydrogen-bond acceptors (Lipinski definition) is 5. The van der Waals surface area contributed by atoms with Crippen LogP contribution in [0.1, 0.15) is 5.56 Å². The number of rotatable bonds is 2. The van der Waals surface area contributed by atoms with Crippen molar-refractivity contribution >= 4 is 17.3 Å². The molecule has 0 aliphatic heterocycles. The second-order valence-corrected chi connectivity index (χ2v) is 4.76. The van der Waals surface area contributed by atoms with Gasteiger partial charge in [-0.05, 0) is 36.8 Å². The summed E-state index contributed by atoms with van der Waals surface area (Å²) in [5.74, 6) is 0.840. The van der Waals surface area contributed by atoms with Crippen LogP contribution in [0.2, 0.25) is 5.02 Å². The van der Waals surface area contributed by atoms with E-state index in [2.05, 4.69) is 15.1 Å². The zero-order chi connectivity index (χ0) is 14.1. The minimum Gasteiger partial charge on any atom is -0.399 e. The molecule has 0 spiro atoms. The minimum atomic E-state index is 0.355. The summed E-state index contributed by atoms with van der Waals surface area (Å²) in [4.78, 5) is 8.43. The van der Waals surface area contributed by atoms with E-state index in [0.29, 0.717) is 28.0 Å². The summed E-state index contributed by atoms with van der Waals surface area (Å²) in [6.45, 7) is 1.96. The number of pyridine rings is 1. The third-order valence-electron chi connectivity index (χ3n) is 2.93. The Morgan fingerprint density at radius 1 is 1.20 bits per heavy atom. The van der Waals surface area contributed by atoms with Gasteiger partial charge in [0.2, 0.25) is 5.82 Å². The Bertz CT molecular complexity index is 769. The van der Waals surface area contributed by atoms with Crippen LogP contribution < -0.4 is 5.73 Å². The molecule has 6 heteroatoms. The van der Waals surface area contributed by atoms with Crippen LogP contribution >= 0.6 is 11.6 Å². The van der Waals surface area contributed by atoms with Gasteiger partial charge in [-0.25, -0.2) is 0 Å². The second-order valence-electron chi connectivity index (χ2n) is 4.35. The molecule has 0 saturated carbocycles. The number of halogens is 1. The molecule has 100 valence electrons. The molecule has 20 heavy (non-hydrogen) atoms. The van der Waals surface area contributed by atoms with E-state index in [1.54, 1.807) is 30.6 Å². The molecule has 2 heterocycles. The summed E-state index contributed by atoms with van der Waals surface area (Å²) in [6.07, 6.45) is 3.42. The third-order valence-corrected chi connectivity index (χ3v) is 3.24. The molecule has 0 saturated heterocycles. The van der Waals surface area contributed by atoms with Crippen molar-refractivity contribution in [3.8, 4) is 22.8 Å². The van der Waals surface area contributed by atoms with Gasteiger partial charge in [-0.2, -0.15) is 4.98 Å². The van der Waals surface area contributed by atoms with Crippen LogP contribution in [0.4, 0.5) is 5.69 Å². The lowest BCUT2D eigenvalue weighted by Crippen LogP contribution is -1.88. The zero-order valence-corrected chi connectivity index (χ0v) is 11.4. The fourth-order valence-corrected chi connectivity index (χ4v) is 2.11. The summed E-state index contributed by atoms with van der Waals surface area (Å²) >= 11 is 6.13. The zero-order valence-electron chi connectivity index (χ0n) is 10.7. The highest BCUT2D eigenvalue weighted by atomic mass is 35.5. The van der Waals surface area contributed by atoms with Crippen molar-refractivity contribution in [1.29, 1.82) is 0 Å². The van der Waals surface area contributed by atoms with Gasteiger partial charge in [0, 0.05) is 23.6 Å². The molecule has 0 fully saturated rings. The third kappa shape index (κ3) is 2.23. The number of anilines is 1. The molecular weight excluding hydrogens is 276 g/mol. The minimum absolute atomic E-state index is 0.355. The highest BCUT2D eigenvalue weighted by Crippen LogP contribution is 2.30. The normalized spacial score (nSPS) is 10.7. The average Bonchev–Trinajstić information content (AvgIpc) is 2.88. The lowest BCUT2D eigenvalue weighted by molar-refractivity contribution is 0.432. The Balaban J connectivity index is 2.04. The molecule has 0 atom stereocenters. The van der Waals surface area contributed by atoms with Gasteiger partial charge in [-0.3, -0.25) is 4.98 Å². The van der Waals surface area contributed by atoms with Crippen LogP contribution in [0.5, 0.6) is 0 Å². The Morgan fingerprint density at radius 2 is 2.05 bits per heavy atom. The van der Waals surface area contributed by atoms with Gasteiger partial charge in [-0.15, -0.1) is 0 Å². The Kier molecular flexibility index (Phi) is 3.12. The van der Waals surface area contributed by atoms with Gasteiger partial charge < -0.3 is 10.3 Å². The molecular formula is C14H11ClN4O. The molecule has 5 nitrogen and oxygen atoms in total. The first kappa shape index (κ1) is 12.6. The van der Waals surface area contributed by atoms with Crippen LogP contribution in [0.25, 0.3) is 22.8 Å². The Morgan fingerprint density at radius 3 is 2.80 bits per heavy atom. The predicted molar refractivity (Wildman–Crippen MR) is 77.1 cm³/mol. The summed E-state index contributed by atoms with van der Waals surface area (Å²) in [5, 5.41) is 4.45. The molecule has 2 aromatic heterocycles. The van der Waals surface area contributed by atoms with Gasteiger partial charge in [-0.1, -0.05) is 16.8 Å². The number of nitrogen functional groups attached to an aromatic ring is 1. The van der Waals surface area contributed by atoms with E-state index in [9.17, 15) is 0 Å². The number of nitrogens with two attached hydrogens (primary N) is 1. The van der Waals surface area contributed by atoms with Gasteiger partial charge >= 0.3 is 0 Å². The fourth-order valence-electron chi connectivity index (χ4n) is 1.85. The van der Waals surface area contributed by atoms with Crippen molar-refractivity contribution in [3.63, 3.8) is 0 Å². The maximum atomic E-state index is 6.13. The first-order chi connectivity index (χ1) is 9.65. The Hall–Kier alpha value is -2.40. The molecule has 0 aliphatic rings. The lowest BCUT2D eigenvalue weighted by atomic mass is 10.1. The van der Waals surface area contributed by atoms with E-state index < -0.39 is 0 Å². The first-order valence-corrected chi connectivity index (χ1v) is 6.33. The van der Waals surface area contributed by atoms with Gasteiger partial charge in [0.05, 0.1) is 10.6 Å². The van der Waals surface area contributed by atoms with E-state index in [1.807, 2.05) is 13.0 Å². The number of aryl methyl sites for hydroxylation is 1. The van der Waals surface area contributed by atoms with Crippen molar-refractivity contribution in [2.75, 3.05) is 5.73 Å². The summed E-state index contributed by atoms with van der Waals surface area (Å²) < 4.78 is 5.27. The summed E-state index contributed by atoms with van der Waals surface area (Å²) in [6, 6.07) is 7.03. The van der Waals surface area contributed by atoms with E-state index >= 15 is 0 Å². The molecule has 3 rings (SSSR count). The molecule has 0 unspecified atom stereocenters. The fraction of sp³-hybridized carbons (Fsp3) is 0.0714. The van der Waals surface area contributed by atoms with Crippen LogP contribution in [-0.2, 0) is 0 Å². The van der Waals surface area contributed by atoms with E-state index in [-0.39, 0.29) is 0 Å². The van der Waals surface area contributed by atoms with Crippen molar-refractivity contribution in [2.45, 2.75) is 6.92 Å². The lowest BCUT2D eigenvalue weighted by Gasteiger charge is -1.99. The van der Waals surface area contributed by atoms with Crippen molar-refractivity contribution in [3.05, 3.63) is 47.2 Å². The smallest absolute Gasteiger partial charge is 0.259 e. The number of nitrogens with zero attached hydrogens (tertiary/aromatic N) is 3. The number of benzene rings is 1. The standard InChI is InChI=1S/C14H11ClN4O/c1-8-4-5-17-7-11(8)13-18-14(20-19-13)10-3-2-9(16)6-12(10)15/h2-7H,16H2,1H3. The molecule has 3 aromatic rings. The topological polar surface area (TPSA) is 77.8 Å². The quantitative estimate of drug-likeness (QED) is 0.731. The van der Waals surface area contributed by atoms with E-state index in [4.69, 9.17) is 21.9 Å². The van der Waals surface area contributed by atoms with E-state index in [1.165, 1.54) is 0 Å². The molecule has 1 aromatic carbocycles. The SMILES string of the molecule is Cc1ccncc1-c1noc(-c2ccc(N)cc2Cl)n1. The molecule has 0 aliphatic carbocycles. The second kappa shape index (κ2) is 4.94. The summed E-state index contributed by atoms with van der Waals surface area (Å²) in [7, 11) is 0. The van der Waals surface area contributed by atoms with Crippen molar-refractivity contribution < 1.29 is 4.52 Å². The molecule has 0 amide bonds. The maximum absolute atomic E-state index is 6.13. The number of hydrogen-bond donors (Lipinski definition) is 1. The predicted octanol–water partition coefficient (Wildman–Crippen LogP) is 3.34. The van der Waals surface area contributed by atoms with Crippen LogP contribution in [0.3, 0.4) is 0 Å². The largest absolute Gasteiger partial charge is 0.399 e. The van der Waals surface area contributed by atoms with E-state index in [0.717, 1.165) is 11.1 Å². The monoisotopic (exact) mass is 286 g/mol.